The van der Waals surface area contributed by atoms with Gasteiger partial charge < -0.3 is 34.1 Å². The summed E-state index contributed by atoms with van der Waals surface area (Å²) in [5, 5.41) is 3.58. The normalized spacial score (nSPS) is 10.8. The Balaban J connectivity index is 1.58. The van der Waals surface area contributed by atoms with Crippen molar-refractivity contribution in [3.05, 3.63) is 89.1 Å². The number of nitrogens with zero attached hydrogens (tertiary/aromatic N) is 5. The van der Waals surface area contributed by atoms with E-state index in [0.29, 0.717) is 39.9 Å². The number of nitrogens with one attached hydrogen (secondary N) is 1. The van der Waals surface area contributed by atoms with Gasteiger partial charge in [-0.05, 0) is 73.8 Å². The minimum Gasteiger partial charge on any atom is -0.497 e. The number of amides is 2. The summed E-state index contributed by atoms with van der Waals surface area (Å²) in [6, 6.07) is 18.6. The van der Waals surface area contributed by atoms with E-state index < -0.39 is 6.09 Å². The van der Waals surface area contributed by atoms with E-state index in [1.165, 1.54) is 18.2 Å². The maximum Gasteiger partial charge on any atom is 0.421 e. The van der Waals surface area contributed by atoms with Gasteiger partial charge in [-0.3, -0.25) is 9.69 Å². The fraction of sp³-hybridized carbons (Fsp3) is 0.314. The third kappa shape index (κ3) is 9.26. The molecule has 13 heteroatoms. The number of ether oxygens (including phenoxy) is 4. The lowest BCUT2D eigenvalue weighted by Gasteiger charge is -2.23. The van der Waals surface area contributed by atoms with E-state index in [0.717, 1.165) is 19.6 Å². The molecule has 2 amide bonds. The topological polar surface area (TPSA) is 119 Å². The first-order valence-corrected chi connectivity index (χ1v) is 15.8. The number of hydrogen-bond donors (Lipinski definition) is 1. The maximum absolute atomic E-state index is 13.8. The lowest BCUT2D eigenvalue weighted by Crippen LogP contribution is -2.36. The molecule has 0 radical (unpaired) electrons. The summed E-state index contributed by atoms with van der Waals surface area (Å²) in [5.74, 6) is 2.00. The average Bonchev–Trinajstić information content (AvgIpc) is 3.11. The van der Waals surface area contributed by atoms with Crippen molar-refractivity contribution >= 4 is 41.1 Å². The number of methoxy groups -OCH3 is 3. The van der Waals surface area contributed by atoms with Gasteiger partial charge in [0, 0.05) is 54.2 Å². The Hall–Kier alpha value is -5.07. The predicted octanol–water partition coefficient (Wildman–Crippen LogP) is 6.52. The quantitative estimate of drug-likeness (QED) is 0.149. The third-order valence-electron chi connectivity index (χ3n) is 7.66. The highest BCUT2D eigenvalue weighted by molar-refractivity contribution is 6.30. The Kier molecular flexibility index (Phi) is 12.8. The van der Waals surface area contributed by atoms with E-state index in [2.05, 4.69) is 34.0 Å². The molecule has 1 aromatic heterocycles. The second kappa shape index (κ2) is 17.2. The molecule has 4 aromatic rings. The van der Waals surface area contributed by atoms with Crippen molar-refractivity contribution in [2.45, 2.75) is 20.4 Å². The Morgan fingerprint density at radius 3 is 2.21 bits per heavy atom. The van der Waals surface area contributed by atoms with Crippen LogP contribution >= 0.6 is 11.6 Å². The van der Waals surface area contributed by atoms with Gasteiger partial charge in [0.15, 0.2) is 11.5 Å². The Bertz CT molecular complexity index is 1680. The molecule has 1 heterocycles. The third-order valence-corrected chi connectivity index (χ3v) is 7.89. The molecule has 0 saturated heterocycles. The van der Waals surface area contributed by atoms with Crippen LogP contribution < -0.4 is 29.2 Å². The van der Waals surface area contributed by atoms with E-state index in [1.807, 2.05) is 0 Å². The monoisotopic (exact) mass is 676 g/mol. The molecular formula is C35H41ClN6O6. The van der Waals surface area contributed by atoms with Crippen LogP contribution in [-0.2, 0) is 6.54 Å². The first-order valence-electron chi connectivity index (χ1n) is 15.4. The molecule has 0 fully saturated rings. The van der Waals surface area contributed by atoms with Gasteiger partial charge >= 0.3 is 6.09 Å². The molecule has 12 nitrogen and oxygen atoms in total. The van der Waals surface area contributed by atoms with Crippen LogP contribution in [0.1, 0.15) is 29.8 Å². The van der Waals surface area contributed by atoms with E-state index >= 15 is 0 Å². The van der Waals surface area contributed by atoms with Gasteiger partial charge in [-0.1, -0.05) is 25.4 Å². The van der Waals surface area contributed by atoms with Crippen LogP contribution in [0.25, 0.3) is 0 Å². The average molecular weight is 677 g/mol. The minimum atomic E-state index is -0.738. The van der Waals surface area contributed by atoms with Crippen LogP contribution in [-0.4, -0.2) is 86.3 Å². The van der Waals surface area contributed by atoms with Crippen molar-refractivity contribution in [3.8, 4) is 23.0 Å². The van der Waals surface area contributed by atoms with Gasteiger partial charge in [-0.2, -0.15) is 4.98 Å². The van der Waals surface area contributed by atoms with Gasteiger partial charge in [0.05, 0.1) is 27.9 Å². The zero-order valence-corrected chi connectivity index (χ0v) is 28.8. The summed E-state index contributed by atoms with van der Waals surface area (Å²) in [5.41, 5.74) is 1.87. The number of rotatable bonds is 15. The second-order valence-electron chi connectivity index (χ2n) is 10.6. The standard InChI is InChI=1S/C35H41ClN6O6/c1-7-41(8-2)20-19-40(3)33(43)24-9-12-27(13-10-24)38-34-37-18-17-32(39-34)42(23-25-21-28(45-4)14-16-29(25)46-5)35(44)48-30-15-11-26(36)22-31(30)47-6/h9-18,21-22H,7-8,19-20,23H2,1-6H3,(H,37,38,39). The second-order valence-corrected chi connectivity index (χ2v) is 11.1. The highest BCUT2D eigenvalue weighted by atomic mass is 35.5. The zero-order valence-electron chi connectivity index (χ0n) is 28.0. The largest absolute Gasteiger partial charge is 0.497 e. The van der Waals surface area contributed by atoms with Crippen molar-refractivity contribution < 1.29 is 28.5 Å². The zero-order chi connectivity index (χ0) is 34.6. The lowest BCUT2D eigenvalue weighted by molar-refractivity contribution is 0.0779. The van der Waals surface area contributed by atoms with Crippen LogP contribution in [0.5, 0.6) is 23.0 Å². The maximum atomic E-state index is 13.8. The van der Waals surface area contributed by atoms with Gasteiger partial charge in [0.1, 0.15) is 17.3 Å². The molecule has 254 valence electrons. The molecule has 4 rings (SSSR count). The molecule has 0 aliphatic rings. The molecule has 0 unspecified atom stereocenters. The number of benzene rings is 3. The molecule has 0 aliphatic carbocycles. The van der Waals surface area contributed by atoms with Gasteiger partial charge in [0.25, 0.3) is 5.91 Å². The van der Waals surface area contributed by atoms with Crippen molar-refractivity contribution in [1.29, 1.82) is 0 Å². The summed E-state index contributed by atoms with van der Waals surface area (Å²) < 4.78 is 22.1. The summed E-state index contributed by atoms with van der Waals surface area (Å²) in [7, 11) is 6.36. The van der Waals surface area contributed by atoms with Crippen LogP contribution in [0, 0.1) is 0 Å². The van der Waals surface area contributed by atoms with E-state index in [9.17, 15) is 9.59 Å². The van der Waals surface area contributed by atoms with Crippen LogP contribution in [0.3, 0.4) is 0 Å². The Labute approximate surface area is 286 Å². The Morgan fingerprint density at radius 2 is 1.54 bits per heavy atom. The molecule has 1 N–H and O–H groups in total. The van der Waals surface area contributed by atoms with Crippen molar-refractivity contribution in [2.24, 2.45) is 0 Å². The number of hydrogen-bond acceptors (Lipinski definition) is 10. The van der Waals surface area contributed by atoms with E-state index in [-0.39, 0.29) is 35.7 Å². The predicted molar refractivity (Wildman–Crippen MR) is 186 cm³/mol. The lowest BCUT2D eigenvalue weighted by atomic mass is 10.1. The minimum absolute atomic E-state index is 0.0180. The molecule has 0 spiro atoms. The summed E-state index contributed by atoms with van der Waals surface area (Å²) >= 11 is 6.11. The van der Waals surface area contributed by atoms with Gasteiger partial charge in [0.2, 0.25) is 5.95 Å². The van der Waals surface area contributed by atoms with Crippen LogP contribution in [0.4, 0.5) is 22.2 Å². The molecule has 48 heavy (non-hydrogen) atoms. The fourth-order valence-electron chi connectivity index (χ4n) is 4.83. The fourth-order valence-corrected chi connectivity index (χ4v) is 4.99. The number of carbonyl (C=O) groups excluding carboxylic acids is 2. The van der Waals surface area contributed by atoms with E-state index in [4.69, 9.17) is 30.5 Å². The number of carbonyl (C=O) groups is 2. The molecular weight excluding hydrogens is 636 g/mol. The molecule has 0 saturated carbocycles. The summed E-state index contributed by atoms with van der Waals surface area (Å²) in [4.78, 5) is 41.1. The van der Waals surface area contributed by atoms with Crippen LogP contribution in [0.2, 0.25) is 5.02 Å². The van der Waals surface area contributed by atoms with Crippen molar-refractivity contribution in [2.75, 3.05) is 64.8 Å². The first kappa shape index (κ1) is 35.8. The number of aromatic nitrogens is 2. The molecule has 0 aliphatic heterocycles. The Morgan fingerprint density at radius 1 is 0.833 bits per heavy atom. The van der Waals surface area contributed by atoms with Gasteiger partial charge in [-0.25, -0.2) is 9.78 Å². The molecule has 0 bridgehead atoms. The highest BCUT2D eigenvalue weighted by Crippen LogP contribution is 2.32. The van der Waals surface area contributed by atoms with Gasteiger partial charge in [-0.15, -0.1) is 0 Å². The van der Waals surface area contributed by atoms with Crippen LogP contribution in [0.15, 0.2) is 72.9 Å². The van der Waals surface area contributed by atoms with Crippen molar-refractivity contribution in [3.63, 3.8) is 0 Å². The molecule has 0 atom stereocenters. The number of anilines is 3. The SMILES string of the molecule is CCN(CC)CCN(C)C(=O)c1ccc(Nc2nccc(N(Cc3cc(OC)ccc3OC)C(=O)Oc3ccc(Cl)cc3OC)n2)cc1. The number of halogens is 1. The van der Waals surface area contributed by atoms with Crippen molar-refractivity contribution in [1.82, 2.24) is 19.8 Å². The smallest absolute Gasteiger partial charge is 0.421 e. The summed E-state index contributed by atoms with van der Waals surface area (Å²) in [6.45, 7) is 7.55. The molecule has 3 aromatic carbocycles. The highest BCUT2D eigenvalue weighted by Gasteiger charge is 2.24. The summed E-state index contributed by atoms with van der Waals surface area (Å²) in [6.07, 6.45) is 0.789. The first-order chi connectivity index (χ1) is 23.2. The number of likely N-dealkylation sites (N-methyl/N-ethyl adjacent to an activating group) is 2. The van der Waals surface area contributed by atoms with E-state index in [1.54, 1.807) is 92.9 Å².